The Morgan fingerprint density at radius 1 is 1.69 bits per heavy atom. The molecule has 13 heavy (non-hydrogen) atoms. The van der Waals surface area contributed by atoms with Gasteiger partial charge in [0.05, 0.1) is 6.54 Å². The van der Waals surface area contributed by atoms with E-state index in [1.54, 1.807) is 6.92 Å². The summed E-state index contributed by atoms with van der Waals surface area (Å²) in [5.74, 6) is 5.55. The van der Waals surface area contributed by atoms with Crippen molar-refractivity contribution >= 4 is 6.03 Å². The van der Waals surface area contributed by atoms with Gasteiger partial charge in [-0.1, -0.05) is 12.8 Å². The number of carbonyl (C=O) groups is 1. The molecule has 3 heteroatoms. The van der Waals surface area contributed by atoms with Gasteiger partial charge in [-0.3, -0.25) is 0 Å². The number of amides is 2. The van der Waals surface area contributed by atoms with Gasteiger partial charge in [0.15, 0.2) is 0 Å². The van der Waals surface area contributed by atoms with Gasteiger partial charge in [-0.2, -0.15) is 0 Å². The van der Waals surface area contributed by atoms with E-state index in [1.807, 2.05) is 4.90 Å². The Balaban J connectivity index is 2.26. The molecular formula is C10H16N2O. The maximum absolute atomic E-state index is 11.4. The summed E-state index contributed by atoms with van der Waals surface area (Å²) in [4.78, 5) is 13.3. The molecule has 1 rings (SSSR count). The molecule has 0 aromatic carbocycles. The van der Waals surface area contributed by atoms with Crippen molar-refractivity contribution in [2.24, 2.45) is 0 Å². The third-order valence-electron chi connectivity index (χ3n) is 2.38. The fourth-order valence-corrected chi connectivity index (χ4v) is 1.44. The largest absolute Gasteiger partial charge is 0.327 e. The van der Waals surface area contributed by atoms with Crippen LogP contribution in [0.5, 0.6) is 0 Å². The molecular weight excluding hydrogens is 164 g/mol. The van der Waals surface area contributed by atoms with Gasteiger partial charge in [0.1, 0.15) is 0 Å². The topological polar surface area (TPSA) is 32.3 Å². The number of urea groups is 1. The van der Waals surface area contributed by atoms with Gasteiger partial charge in [-0.15, -0.1) is 5.92 Å². The van der Waals surface area contributed by atoms with Crippen molar-refractivity contribution in [2.75, 3.05) is 13.1 Å². The van der Waals surface area contributed by atoms with Gasteiger partial charge in [0.2, 0.25) is 0 Å². The molecule has 0 bridgehead atoms. The van der Waals surface area contributed by atoms with Crippen molar-refractivity contribution in [1.29, 1.82) is 0 Å². The molecule has 1 atom stereocenters. The first-order chi connectivity index (χ1) is 6.29. The van der Waals surface area contributed by atoms with Crippen molar-refractivity contribution < 1.29 is 4.79 Å². The maximum Gasteiger partial charge on any atom is 0.318 e. The highest BCUT2D eigenvalue weighted by atomic mass is 16.2. The standard InChI is InChI=1S/C10H16N2O/c1-3-5-7-11-10(13)12-8-6-9(12)4-2/h9H,4,6-8H2,1-2H3,(H,11,13). The Bertz CT molecular complexity index is 237. The summed E-state index contributed by atoms with van der Waals surface area (Å²) >= 11 is 0. The van der Waals surface area contributed by atoms with E-state index < -0.39 is 0 Å². The lowest BCUT2D eigenvalue weighted by molar-refractivity contribution is 0.113. The average Bonchev–Trinajstić information content (AvgIpc) is 2.03. The highest BCUT2D eigenvalue weighted by Crippen LogP contribution is 2.19. The molecule has 0 saturated carbocycles. The molecule has 3 nitrogen and oxygen atoms in total. The molecule has 1 unspecified atom stereocenters. The van der Waals surface area contributed by atoms with Crippen LogP contribution in [0.2, 0.25) is 0 Å². The average molecular weight is 180 g/mol. The number of likely N-dealkylation sites (tertiary alicyclic amines) is 1. The molecule has 1 N–H and O–H groups in total. The first kappa shape index (κ1) is 9.91. The normalized spacial score (nSPS) is 19.8. The van der Waals surface area contributed by atoms with Gasteiger partial charge >= 0.3 is 6.03 Å². The van der Waals surface area contributed by atoms with Crippen LogP contribution < -0.4 is 5.32 Å². The number of nitrogens with zero attached hydrogens (tertiary/aromatic N) is 1. The van der Waals surface area contributed by atoms with Crippen LogP contribution in [0.1, 0.15) is 26.7 Å². The minimum absolute atomic E-state index is 0.0286. The van der Waals surface area contributed by atoms with Crippen LogP contribution in [0.15, 0.2) is 0 Å². The minimum Gasteiger partial charge on any atom is -0.327 e. The first-order valence-corrected chi connectivity index (χ1v) is 4.73. The maximum atomic E-state index is 11.4. The molecule has 2 amide bonds. The molecule has 0 aromatic rings. The van der Waals surface area contributed by atoms with Crippen LogP contribution in [0.4, 0.5) is 4.79 Å². The van der Waals surface area contributed by atoms with Crippen LogP contribution in [-0.2, 0) is 0 Å². The van der Waals surface area contributed by atoms with Crippen LogP contribution in [0, 0.1) is 11.8 Å². The molecule has 1 saturated heterocycles. The third kappa shape index (κ3) is 2.38. The second-order valence-corrected chi connectivity index (χ2v) is 3.13. The highest BCUT2D eigenvalue weighted by molar-refractivity contribution is 5.75. The van der Waals surface area contributed by atoms with Gasteiger partial charge < -0.3 is 10.2 Å². The third-order valence-corrected chi connectivity index (χ3v) is 2.38. The van der Waals surface area contributed by atoms with Gasteiger partial charge in [0, 0.05) is 12.6 Å². The molecule has 1 aliphatic heterocycles. The van der Waals surface area contributed by atoms with E-state index >= 15 is 0 Å². The van der Waals surface area contributed by atoms with Gasteiger partial charge in [0.25, 0.3) is 0 Å². The van der Waals surface area contributed by atoms with Crippen LogP contribution in [0.25, 0.3) is 0 Å². The van der Waals surface area contributed by atoms with Crippen LogP contribution in [-0.4, -0.2) is 30.1 Å². The summed E-state index contributed by atoms with van der Waals surface area (Å²) in [5, 5.41) is 2.76. The fourth-order valence-electron chi connectivity index (χ4n) is 1.44. The predicted molar refractivity (Wildman–Crippen MR) is 52.3 cm³/mol. The van der Waals surface area contributed by atoms with Gasteiger partial charge in [-0.05, 0) is 19.8 Å². The van der Waals surface area contributed by atoms with Crippen molar-refractivity contribution in [3.63, 3.8) is 0 Å². The number of carbonyl (C=O) groups excluding carboxylic acids is 1. The van der Waals surface area contributed by atoms with Crippen molar-refractivity contribution in [2.45, 2.75) is 32.7 Å². The zero-order valence-corrected chi connectivity index (χ0v) is 8.26. The number of rotatable bonds is 2. The molecule has 0 spiro atoms. The van der Waals surface area contributed by atoms with E-state index in [0.717, 1.165) is 19.4 Å². The Kier molecular flexibility index (Phi) is 3.63. The van der Waals surface area contributed by atoms with E-state index in [0.29, 0.717) is 12.6 Å². The fraction of sp³-hybridized carbons (Fsp3) is 0.700. The Labute approximate surface area is 79.5 Å². The summed E-state index contributed by atoms with van der Waals surface area (Å²) in [7, 11) is 0. The summed E-state index contributed by atoms with van der Waals surface area (Å²) in [6.45, 7) is 5.23. The second kappa shape index (κ2) is 4.76. The molecule has 1 aliphatic rings. The van der Waals surface area contributed by atoms with E-state index in [2.05, 4.69) is 24.1 Å². The second-order valence-electron chi connectivity index (χ2n) is 3.13. The van der Waals surface area contributed by atoms with Gasteiger partial charge in [-0.25, -0.2) is 4.79 Å². The number of hydrogen-bond acceptors (Lipinski definition) is 1. The molecule has 0 aliphatic carbocycles. The Morgan fingerprint density at radius 2 is 2.46 bits per heavy atom. The summed E-state index contributed by atoms with van der Waals surface area (Å²) in [6, 6.07) is 0.482. The first-order valence-electron chi connectivity index (χ1n) is 4.73. The van der Waals surface area contributed by atoms with E-state index in [1.165, 1.54) is 0 Å². The summed E-state index contributed by atoms with van der Waals surface area (Å²) in [6.07, 6.45) is 2.19. The molecule has 72 valence electrons. The van der Waals surface area contributed by atoms with Crippen molar-refractivity contribution in [3.8, 4) is 11.8 Å². The van der Waals surface area contributed by atoms with Crippen molar-refractivity contribution in [1.82, 2.24) is 10.2 Å². The Hall–Kier alpha value is -1.17. The lowest BCUT2D eigenvalue weighted by atomic mass is 10.0. The zero-order chi connectivity index (χ0) is 9.68. The van der Waals surface area contributed by atoms with Crippen molar-refractivity contribution in [3.05, 3.63) is 0 Å². The quantitative estimate of drug-likeness (QED) is 0.636. The highest BCUT2D eigenvalue weighted by Gasteiger charge is 2.29. The predicted octanol–water partition coefficient (Wildman–Crippen LogP) is 1.20. The minimum atomic E-state index is 0.0286. The monoisotopic (exact) mass is 180 g/mol. The summed E-state index contributed by atoms with van der Waals surface area (Å²) in [5.41, 5.74) is 0. The zero-order valence-electron chi connectivity index (χ0n) is 8.26. The smallest absolute Gasteiger partial charge is 0.318 e. The van der Waals surface area contributed by atoms with E-state index in [4.69, 9.17) is 0 Å². The van der Waals surface area contributed by atoms with Crippen LogP contribution >= 0.6 is 0 Å². The number of nitrogens with one attached hydrogen (secondary N) is 1. The van der Waals surface area contributed by atoms with E-state index in [9.17, 15) is 4.79 Å². The molecule has 1 fully saturated rings. The molecule has 0 radical (unpaired) electrons. The van der Waals surface area contributed by atoms with Crippen LogP contribution in [0.3, 0.4) is 0 Å². The van der Waals surface area contributed by atoms with E-state index in [-0.39, 0.29) is 6.03 Å². The molecule has 1 heterocycles. The SMILES string of the molecule is CC#CCNC(=O)N1CCC1CC. The number of hydrogen-bond donors (Lipinski definition) is 1. The Morgan fingerprint density at radius 3 is 2.92 bits per heavy atom. The lowest BCUT2D eigenvalue weighted by Crippen LogP contribution is -2.54. The summed E-state index contributed by atoms with van der Waals surface area (Å²) < 4.78 is 0. The lowest BCUT2D eigenvalue weighted by Gasteiger charge is -2.40. The molecule has 0 aromatic heterocycles.